The average Bonchev–Trinajstić information content (AvgIpc) is 2.61. The molecular weight excluding hydrogens is 332 g/mol. The smallest absolute Gasteiger partial charge is 0.243 e. The fourth-order valence-corrected chi connectivity index (χ4v) is 2.57. The van der Waals surface area contributed by atoms with Crippen LogP contribution in [0.5, 0.6) is 0 Å². The largest absolute Gasteiger partial charge is 0.370 e. The summed E-state index contributed by atoms with van der Waals surface area (Å²) in [5.41, 5.74) is 6.25. The summed E-state index contributed by atoms with van der Waals surface area (Å²) in [5, 5.41) is 5.37. The number of aromatic nitrogens is 1. The van der Waals surface area contributed by atoms with Crippen LogP contribution in [0.15, 0.2) is 24.5 Å². The predicted molar refractivity (Wildman–Crippen MR) is 100 cm³/mol. The summed E-state index contributed by atoms with van der Waals surface area (Å²) in [6.07, 6.45) is 9.33. The zero-order valence-corrected chi connectivity index (χ0v) is 15.5. The number of unbranched alkanes of at least 4 members (excludes halogenated alkanes) is 4. The number of nitrogens with two attached hydrogens (primary N) is 1. The number of carbonyl (C=O) groups excluding carboxylic acids is 3. The molecule has 144 valence electrons. The Hall–Kier alpha value is -2.44. The van der Waals surface area contributed by atoms with E-state index >= 15 is 0 Å². The van der Waals surface area contributed by atoms with Crippen LogP contribution >= 0.6 is 0 Å². The van der Waals surface area contributed by atoms with Crippen molar-refractivity contribution in [1.29, 1.82) is 0 Å². The van der Waals surface area contributed by atoms with Crippen molar-refractivity contribution in [3.63, 3.8) is 0 Å². The van der Waals surface area contributed by atoms with Crippen LogP contribution < -0.4 is 16.4 Å². The summed E-state index contributed by atoms with van der Waals surface area (Å²) in [6.45, 7) is 2.54. The van der Waals surface area contributed by atoms with Crippen molar-refractivity contribution in [2.24, 2.45) is 5.73 Å². The lowest BCUT2D eigenvalue weighted by Crippen LogP contribution is -2.48. The third kappa shape index (κ3) is 9.76. The van der Waals surface area contributed by atoms with Crippen LogP contribution in [0, 0.1) is 0 Å². The van der Waals surface area contributed by atoms with Gasteiger partial charge in [-0.3, -0.25) is 19.4 Å². The van der Waals surface area contributed by atoms with E-state index in [2.05, 4.69) is 22.5 Å². The number of nitrogens with one attached hydrogen (secondary N) is 2. The first-order chi connectivity index (χ1) is 12.5. The fourth-order valence-electron chi connectivity index (χ4n) is 2.57. The van der Waals surface area contributed by atoms with E-state index in [4.69, 9.17) is 5.73 Å². The lowest BCUT2D eigenvalue weighted by molar-refractivity contribution is -0.131. The van der Waals surface area contributed by atoms with Gasteiger partial charge in [-0.25, -0.2) is 0 Å². The molecule has 1 unspecified atom stereocenters. The minimum absolute atomic E-state index is 0.206. The summed E-state index contributed by atoms with van der Waals surface area (Å²) >= 11 is 0. The van der Waals surface area contributed by atoms with Gasteiger partial charge >= 0.3 is 0 Å². The molecule has 0 saturated heterocycles. The van der Waals surface area contributed by atoms with Crippen LogP contribution in [0.4, 0.5) is 0 Å². The van der Waals surface area contributed by atoms with Crippen LogP contribution in [0.3, 0.4) is 0 Å². The average molecular weight is 362 g/mol. The first-order valence-corrected chi connectivity index (χ1v) is 9.27. The molecule has 0 bridgehead atoms. The standard InChI is InChI=1S/C19H30N4O3/c1-2-3-4-5-6-7-18(25)23-16(14-17(20)24)19(26)22-13-10-15-8-11-21-12-9-15/h8-9,11-12,16H,2-7,10,13-14H2,1H3,(H2,20,24)(H,22,26)(H,23,25). The first kappa shape index (κ1) is 21.6. The SMILES string of the molecule is CCCCCCCC(=O)NC(CC(N)=O)C(=O)NCCc1ccncc1. The highest BCUT2D eigenvalue weighted by atomic mass is 16.2. The molecule has 3 amide bonds. The Morgan fingerprint density at radius 3 is 2.46 bits per heavy atom. The van der Waals surface area contributed by atoms with Crippen molar-refractivity contribution in [1.82, 2.24) is 15.6 Å². The number of pyridine rings is 1. The predicted octanol–water partition coefficient (Wildman–Crippen LogP) is 1.46. The number of hydrogen-bond donors (Lipinski definition) is 3. The fraction of sp³-hybridized carbons (Fsp3) is 0.579. The maximum absolute atomic E-state index is 12.3. The van der Waals surface area contributed by atoms with E-state index < -0.39 is 17.9 Å². The van der Waals surface area contributed by atoms with Crippen molar-refractivity contribution in [3.8, 4) is 0 Å². The highest BCUT2D eigenvalue weighted by Gasteiger charge is 2.22. The van der Waals surface area contributed by atoms with Crippen molar-refractivity contribution in [3.05, 3.63) is 30.1 Å². The van der Waals surface area contributed by atoms with E-state index in [1.165, 1.54) is 0 Å². The van der Waals surface area contributed by atoms with Gasteiger partial charge in [-0.2, -0.15) is 0 Å². The molecule has 7 nitrogen and oxygen atoms in total. The monoisotopic (exact) mass is 362 g/mol. The van der Waals surface area contributed by atoms with Gasteiger partial charge < -0.3 is 16.4 Å². The molecule has 1 aromatic rings. The Balaban J connectivity index is 2.39. The van der Waals surface area contributed by atoms with Gasteiger partial charge in [-0.05, 0) is 30.5 Å². The minimum atomic E-state index is -0.923. The Labute approximate surface area is 155 Å². The topological polar surface area (TPSA) is 114 Å². The third-order valence-corrected chi connectivity index (χ3v) is 4.03. The van der Waals surface area contributed by atoms with Crippen LogP contribution in [0.25, 0.3) is 0 Å². The number of nitrogens with zero attached hydrogens (tertiary/aromatic N) is 1. The highest BCUT2D eigenvalue weighted by Crippen LogP contribution is 2.05. The van der Waals surface area contributed by atoms with Gasteiger partial charge in [0.2, 0.25) is 17.7 Å². The Bertz CT molecular complexity index is 563. The number of primary amides is 1. The molecule has 0 aliphatic heterocycles. The van der Waals surface area contributed by atoms with Crippen molar-refractivity contribution in [2.45, 2.75) is 64.3 Å². The Kier molecular flexibility index (Phi) is 10.7. The molecule has 0 aliphatic carbocycles. The van der Waals surface area contributed by atoms with Gasteiger partial charge in [0.05, 0.1) is 6.42 Å². The van der Waals surface area contributed by atoms with Crippen LogP contribution in [-0.2, 0) is 20.8 Å². The number of hydrogen-bond acceptors (Lipinski definition) is 4. The highest BCUT2D eigenvalue weighted by molar-refractivity contribution is 5.91. The van der Waals surface area contributed by atoms with Crippen molar-refractivity contribution < 1.29 is 14.4 Å². The zero-order valence-electron chi connectivity index (χ0n) is 15.5. The summed E-state index contributed by atoms with van der Waals surface area (Å²) in [5.74, 6) is -1.24. The molecule has 7 heteroatoms. The molecule has 1 heterocycles. The molecule has 0 saturated carbocycles. The Morgan fingerprint density at radius 2 is 1.81 bits per heavy atom. The van der Waals surface area contributed by atoms with Gasteiger partial charge in [0.25, 0.3) is 0 Å². The molecule has 1 atom stereocenters. The number of carbonyl (C=O) groups is 3. The van der Waals surface area contributed by atoms with Gasteiger partial charge in [0.15, 0.2) is 0 Å². The summed E-state index contributed by atoms with van der Waals surface area (Å²) in [7, 11) is 0. The van der Waals surface area contributed by atoms with E-state index in [1.807, 2.05) is 12.1 Å². The molecule has 0 aromatic carbocycles. The second kappa shape index (κ2) is 12.9. The lowest BCUT2D eigenvalue weighted by atomic mass is 10.1. The number of rotatable bonds is 13. The van der Waals surface area contributed by atoms with E-state index in [-0.39, 0.29) is 12.3 Å². The van der Waals surface area contributed by atoms with Gasteiger partial charge in [0, 0.05) is 25.4 Å². The molecule has 1 aromatic heterocycles. The maximum Gasteiger partial charge on any atom is 0.243 e. The van der Waals surface area contributed by atoms with E-state index in [0.29, 0.717) is 19.4 Å². The number of amides is 3. The van der Waals surface area contributed by atoms with Gasteiger partial charge in [-0.1, -0.05) is 32.6 Å². The second-order valence-corrected chi connectivity index (χ2v) is 6.35. The van der Waals surface area contributed by atoms with Gasteiger partial charge in [-0.15, -0.1) is 0 Å². The molecule has 1 rings (SSSR count). The van der Waals surface area contributed by atoms with Crippen LogP contribution in [-0.4, -0.2) is 35.3 Å². The van der Waals surface area contributed by atoms with E-state index in [9.17, 15) is 14.4 Å². The van der Waals surface area contributed by atoms with Gasteiger partial charge in [0.1, 0.15) is 6.04 Å². The summed E-state index contributed by atoms with van der Waals surface area (Å²) in [6, 6.07) is 2.81. The maximum atomic E-state index is 12.3. The van der Waals surface area contributed by atoms with Crippen LogP contribution in [0.1, 0.15) is 57.4 Å². The third-order valence-electron chi connectivity index (χ3n) is 4.03. The zero-order chi connectivity index (χ0) is 19.2. The van der Waals surface area contributed by atoms with E-state index in [1.54, 1.807) is 12.4 Å². The molecule has 0 spiro atoms. The molecule has 26 heavy (non-hydrogen) atoms. The second-order valence-electron chi connectivity index (χ2n) is 6.35. The Morgan fingerprint density at radius 1 is 1.12 bits per heavy atom. The summed E-state index contributed by atoms with van der Waals surface area (Å²) < 4.78 is 0. The van der Waals surface area contributed by atoms with Crippen molar-refractivity contribution >= 4 is 17.7 Å². The molecular formula is C19H30N4O3. The molecule has 0 fully saturated rings. The summed E-state index contributed by atoms with van der Waals surface area (Å²) in [4.78, 5) is 39.4. The lowest BCUT2D eigenvalue weighted by Gasteiger charge is -2.17. The van der Waals surface area contributed by atoms with E-state index in [0.717, 1.165) is 37.7 Å². The van der Waals surface area contributed by atoms with Crippen LogP contribution in [0.2, 0.25) is 0 Å². The quantitative estimate of drug-likeness (QED) is 0.461. The van der Waals surface area contributed by atoms with Crippen molar-refractivity contribution in [2.75, 3.05) is 6.54 Å². The molecule has 0 aliphatic rings. The minimum Gasteiger partial charge on any atom is -0.370 e. The normalized spacial score (nSPS) is 11.6. The molecule has 4 N–H and O–H groups in total. The molecule has 0 radical (unpaired) electrons. The first-order valence-electron chi connectivity index (χ1n) is 9.27.